The molecule has 1 N–H and O–H groups in total. The van der Waals surface area contributed by atoms with Gasteiger partial charge in [0.05, 0.1) is 5.69 Å². The van der Waals surface area contributed by atoms with Crippen molar-refractivity contribution in [1.29, 1.82) is 0 Å². The standard InChI is InChI=1S/C8H9NO.ClH/c10-8(4-5-8)7-3-1-2-6-9-7;/h1-3,6,10H,4-5H2;1H. The maximum atomic E-state index is 9.54. The van der Waals surface area contributed by atoms with Gasteiger partial charge in [0.15, 0.2) is 0 Å². The van der Waals surface area contributed by atoms with Crippen molar-refractivity contribution < 1.29 is 5.11 Å². The summed E-state index contributed by atoms with van der Waals surface area (Å²) in [5.74, 6) is 0. The highest BCUT2D eigenvalue weighted by Gasteiger charge is 2.43. The van der Waals surface area contributed by atoms with Crippen molar-refractivity contribution in [2.75, 3.05) is 0 Å². The molecule has 0 unspecified atom stereocenters. The van der Waals surface area contributed by atoms with Crippen LogP contribution in [-0.4, -0.2) is 10.1 Å². The van der Waals surface area contributed by atoms with Crippen LogP contribution in [0.25, 0.3) is 0 Å². The Hall–Kier alpha value is -0.600. The first-order valence-electron chi connectivity index (χ1n) is 3.45. The van der Waals surface area contributed by atoms with E-state index in [1.54, 1.807) is 6.20 Å². The van der Waals surface area contributed by atoms with E-state index in [1.165, 1.54) is 0 Å². The van der Waals surface area contributed by atoms with Crippen LogP contribution in [0.5, 0.6) is 0 Å². The number of pyridine rings is 1. The second-order valence-electron chi connectivity index (χ2n) is 2.75. The fourth-order valence-electron chi connectivity index (χ4n) is 1.01. The van der Waals surface area contributed by atoms with E-state index in [2.05, 4.69) is 4.98 Å². The summed E-state index contributed by atoms with van der Waals surface area (Å²) in [5, 5.41) is 9.54. The summed E-state index contributed by atoms with van der Waals surface area (Å²) in [6, 6.07) is 5.63. The zero-order valence-electron chi connectivity index (χ0n) is 6.03. The molecular formula is C8H10ClNO. The number of halogens is 1. The van der Waals surface area contributed by atoms with Gasteiger partial charge in [0.25, 0.3) is 0 Å². The monoisotopic (exact) mass is 171 g/mol. The maximum absolute atomic E-state index is 9.54. The molecule has 1 saturated carbocycles. The van der Waals surface area contributed by atoms with E-state index in [9.17, 15) is 5.11 Å². The van der Waals surface area contributed by atoms with Gasteiger partial charge in [0.2, 0.25) is 0 Å². The minimum absolute atomic E-state index is 0. The molecule has 3 heteroatoms. The van der Waals surface area contributed by atoms with Gasteiger partial charge in [-0.3, -0.25) is 4.98 Å². The molecule has 0 spiro atoms. The molecule has 0 atom stereocenters. The first-order valence-corrected chi connectivity index (χ1v) is 3.45. The van der Waals surface area contributed by atoms with Crippen molar-refractivity contribution in [2.45, 2.75) is 18.4 Å². The predicted molar refractivity (Wildman–Crippen MR) is 44.6 cm³/mol. The molecule has 11 heavy (non-hydrogen) atoms. The smallest absolute Gasteiger partial charge is 0.107 e. The summed E-state index contributed by atoms with van der Waals surface area (Å²) in [4.78, 5) is 4.06. The summed E-state index contributed by atoms with van der Waals surface area (Å²) < 4.78 is 0. The lowest BCUT2D eigenvalue weighted by atomic mass is 10.2. The topological polar surface area (TPSA) is 33.1 Å². The van der Waals surface area contributed by atoms with Crippen LogP contribution in [0.15, 0.2) is 24.4 Å². The highest BCUT2D eigenvalue weighted by Crippen LogP contribution is 2.43. The van der Waals surface area contributed by atoms with Crippen LogP contribution in [0.3, 0.4) is 0 Å². The van der Waals surface area contributed by atoms with E-state index in [-0.39, 0.29) is 12.4 Å². The molecule has 0 radical (unpaired) electrons. The van der Waals surface area contributed by atoms with Crippen molar-refractivity contribution in [3.8, 4) is 0 Å². The van der Waals surface area contributed by atoms with Crippen LogP contribution >= 0.6 is 12.4 Å². The van der Waals surface area contributed by atoms with E-state index < -0.39 is 5.60 Å². The predicted octanol–water partition coefficient (Wildman–Crippen LogP) is 1.48. The van der Waals surface area contributed by atoms with E-state index in [1.807, 2.05) is 18.2 Å². The van der Waals surface area contributed by atoms with Gasteiger partial charge in [-0.15, -0.1) is 12.4 Å². The van der Waals surface area contributed by atoms with E-state index in [4.69, 9.17) is 0 Å². The van der Waals surface area contributed by atoms with Gasteiger partial charge >= 0.3 is 0 Å². The van der Waals surface area contributed by atoms with Crippen molar-refractivity contribution in [2.24, 2.45) is 0 Å². The molecule has 0 saturated heterocycles. The molecule has 60 valence electrons. The SMILES string of the molecule is Cl.OC1(c2ccccn2)CC1. The fourth-order valence-corrected chi connectivity index (χ4v) is 1.01. The summed E-state index contributed by atoms with van der Waals surface area (Å²) in [6.45, 7) is 0. The summed E-state index contributed by atoms with van der Waals surface area (Å²) in [5.41, 5.74) is 0.247. The number of hydrogen-bond donors (Lipinski definition) is 1. The Kier molecular flexibility index (Phi) is 2.16. The van der Waals surface area contributed by atoms with Crippen LogP contribution in [0, 0.1) is 0 Å². The van der Waals surface area contributed by atoms with Crippen LogP contribution in [-0.2, 0) is 5.60 Å². The van der Waals surface area contributed by atoms with Crippen molar-refractivity contribution in [3.05, 3.63) is 30.1 Å². The zero-order chi connectivity index (χ0) is 7.03. The Balaban J connectivity index is 0.000000605. The normalized spacial score (nSPS) is 18.6. The third kappa shape index (κ3) is 1.52. The zero-order valence-corrected chi connectivity index (χ0v) is 6.84. The van der Waals surface area contributed by atoms with E-state index in [0.29, 0.717) is 0 Å². The lowest BCUT2D eigenvalue weighted by molar-refractivity contribution is 0.146. The van der Waals surface area contributed by atoms with E-state index in [0.717, 1.165) is 18.5 Å². The number of rotatable bonds is 1. The second kappa shape index (κ2) is 2.80. The van der Waals surface area contributed by atoms with Crippen LogP contribution in [0.2, 0.25) is 0 Å². The minimum Gasteiger partial charge on any atom is -0.384 e. The molecule has 1 aliphatic rings. The lowest BCUT2D eigenvalue weighted by Gasteiger charge is -2.03. The Labute approximate surface area is 71.7 Å². The second-order valence-corrected chi connectivity index (χ2v) is 2.75. The van der Waals surface area contributed by atoms with Gasteiger partial charge in [0, 0.05) is 6.20 Å². The first kappa shape index (κ1) is 8.50. The largest absolute Gasteiger partial charge is 0.384 e. The number of hydrogen-bond acceptors (Lipinski definition) is 2. The molecule has 2 nitrogen and oxygen atoms in total. The number of aliphatic hydroxyl groups is 1. The molecule has 1 aromatic rings. The molecule has 1 fully saturated rings. The van der Waals surface area contributed by atoms with Gasteiger partial charge in [-0.25, -0.2) is 0 Å². The van der Waals surface area contributed by atoms with Gasteiger partial charge in [-0.05, 0) is 25.0 Å². The van der Waals surface area contributed by atoms with E-state index >= 15 is 0 Å². The average molecular weight is 172 g/mol. The molecule has 1 aromatic heterocycles. The highest BCUT2D eigenvalue weighted by atomic mass is 35.5. The van der Waals surface area contributed by atoms with Crippen LogP contribution in [0.1, 0.15) is 18.5 Å². The third-order valence-electron chi connectivity index (χ3n) is 1.87. The summed E-state index contributed by atoms with van der Waals surface area (Å²) in [7, 11) is 0. The first-order chi connectivity index (χ1) is 4.81. The molecule has 0 aliphatic heterocycles. The lowest BCUT2D eigenvalue weighted by Crippen LogP contribution is -2.05. The quantitative estimate of drug-likeness (QED) is 0.695. The van der Waals surface area contributed by atoms with Crippen molar-refractivity contribution >= 4 is 12.4 Å². The van der Waals surface area contributed by atoms with Gasteiger partial charge in [-0.2, -0.15) is 0 Å². The summed E-state index contributed by atoms with van der Waals surface area (Å²) in [6.07, 6.45) is 3.44. The van der Waals surface area contributed by atoms with Gasteiger partial charge < -0.3 is 5.11 Å². The van der Waals surface area contributed by atoms with Crippen molar-refractivity contribution in [1.82, 2.24) is 4.98 Å². The molecule has 0 aromatic carbocycles. The number of nitrogens with zero attached hydrogens (tertiary/aromatic N) is 1. The molecule has 0 amide bonds. The maximum Gasteiger partial charge on any atom is 0.107 e. The molecule has 1 heterocycles. The number of aromatic nitrogens is 1. The Bertz CT molecular complexity index is 233. The molecule has 2 rings (SSSR count). The van der Waals surface area contributed by atoms with Crippen LogP contribution < -0.4 is 0 Å². The van der Waals surface area contributed by atoms with Gasteiger partial charge in [0.1, 0.15) is 5.60 Å². The average Bonchev–Trinajstić information content (AvgIpc) is 2.72. The third-order valence-corrected chi connectivity index (χ3v) is 1.87. The Morgan fingerprint density at radius 1 is 1.36 bits per heavy atom. The highest BCUT2D eigenvalue weighted by molar-refractivity contribution is 5.85. The Morgan fingerprint density at radius 3 is 2.55 bits per heavy atom. The minimum atomic E-state index is -0.568. The van der Waals surface area contributed by atoms with Crippen molar-refractivity contribution in [3.63, 3.8) is 0 Å². The molecule has 1 aliphatic carbocycles. The van der Waals surface area contributed by atoms with Gasteiger partial charge in [-0.1, -0.05) is 6.07 Å². The van der Waals surface area contributed by atoms with Crippen LogP contribution in [0.4, 0.5) is 0 Å². The molecule has 0 bridgehead atoms. The fraction of sp³-hybridized carbons (Fsp3) is 0.375. The Morgan fingerprint density at radius 2 is 2.09 bits per heavy atom. The molecular weight excluding hydrogens is 162 g/mol. The summed E-state index contributed by atoms with van der Waals surface area (Å²) >= 11 is 0.